The molecule has 4 rings (SSSR count). The summed E-state index contributed by atoms with van der Waals surface area (Å²) in [7, 11) is 3.35. The van der Waals surface area contributed by atoms with Gasteiger partial charge in [-0.3, -0.25) is 0 Å². The van der Waals surface area contributed by atoms with Crippen molar-refractivity contribution >= 4 is 0 Å². The van der Waals surface area contributed by atoms with E-state index in [9.17, 15) is 0 Å². The summed E-state index contributed by atoms with van der Waals surface area (Å²) >= 11 is 0. The summed E-state index contributed by atoms with van der Waals surface area (Å²) < 4.78 is 28.6. The van der Waals surface area contributed by atoms with Crippen molar-refractivity contribution in [3.63, 3.8) is 0 Å². The van der Waals surface area contributed by atoms with Gasteiger partial charge >= 0.3 is 0 Å². The largest absolute Gasteiger partial charge is 0.493 e. The second-order valence-electron chi connectivity index (χ2n) is 8.62. The summed E-state index contributed by atoms with van der Waals surface area (Å²) in [6.45, 7) is 4.05. The monoisotopic (exact) mass is 464 g/mol. The van der Waals surface area contributed by atoms with E-state index in [4.69, 9.17) is 23.7 Å². The van der Waals surface area contributed by atoms with Gasteiger partial charge in [-0.25, -0.2) is 9.97 Å². The molecular formula is C27H32N2O5. The van der Waals surface area contributed by atoms with Crippen molar-refractivity contribution in [3.05, 3.63) is 66.2 Å². The fourth-order valence-electron chi connectivity index (χ4n) is 3.96. The van der Waals surface area contributed by atoms with Crippen LogP contribution in [0.5, 0.6) is 17.2 Å². The molecule has 180 valence electrons. The van der Waals surface area contributed by atoms with Crippen molar-refractivity contribution in [2.75, 3.05) is 40.8 Å². The molecule has 1 aliphatic rings. The van der Waals surface area contributed by atoms with Gasteiger partial charge in [0.2, 0.25) is 0 Å². The standard InChI is InChI=1S/C27H32N2O5/c1-4-32-24-12-20(11-21-14-28-18-29-15-21)13-25(33-17-27(9-10-27)16-30-2)26(24)22-5-7-23(8-6-22)34-19-31-3/h5-8,12-15,18H,4,9-11,16-17,19H2,1-3H3. The minimum atomic E-state index is 0.0962. The Morgan fingerprint density at radius 3 is 2.15 bits per heavy atom. The van der Waals surface area contributed by atoms with Crippen molar-refractivity contribution in [1.82, 2.24) is 9.97 Å². The summed E-state index contributed by atoms with van der Waals surface area (Å²) in [5.41, 5.74) is 4.13. The fraction of sp³-hybridized carbons (Fsp3) is 0.407. The van der Waals surface area contributed by atoms with Crippen molar-refractivity contribution in [2.24, 2.45) is 5.41 Å². The van der Waals surface area contributed by atoms with E-state index in [-0.39, 0.29) is 12.2 Å². The molecule has 0 spiro atoms. The summed E-state index contributed by atoms with van der Waals surface area (Å²) in [5, 5.41) is 0. The van der Waals surface area contributed by atoms with Gasteiger partial charge in [-0.2, -0.15) is 0 Å². The predicted molar refractivity (Wildman–Crippen MR) is 129 cm³/mol. The lowest BCUT2D eigenvalue weighted by molar-refractivity contribution is 0.0511. The zero-order valence-electron chi connectivity index (χ0n) is 20.1. The molecular weight excluding hydrogens is 432 g/mol. The van der Waals surface area contributed by atoms with Gasteiger partial charge in [-0.05, 0) is 60.7 Å². The number of nitrogens with zero attached hydrogens (tertiary/aromatic N) is 2. The van der Waals surface area contributed by atoms with Gasteiger partial charge in [0.15, 0.2) is 6.79 Å². The molecule has 0 atom stereocenters. The molecule has 0 amide bonds. The van der Waals surface area contributed by atoms with Crippen molar-refractivity contribution in [2.45, 2.75) is 26.2 Å². The Balaban J connectivity index is 1.70. The average Bonchev–Trinajstić information content (AvgIpc) is 3.62. The van der Waals surface area contributed by atoms with E-state index >= 15 is 0 Å². The normalized spacial score (nSPS) is 14.0. The molecule has 1 heterocycles. The number of hydrogen-bond acceptors (Lipinski definition) is 7. The minimum absolute atomic E-state index is 0.0962. The maximum Gasteiger partial charge on any atom is 0.188 e. The molecule has 3 aromatic rings. The first-order valence-corrected chi connectivity index (χ1v) is 11.5. The molecule has 0 bridgehead atoms. The van der Waals surface area contributed by atoms with Crippen molar-refractivity contribution < 1.29 is 23.7 Å². The lowest BCUT2D eigenvalue weighted by atomic mass is 9.98. The SMILES string of the molecule is CCOc1cc(Cc2cncnc2)cc(OCC2(COC)CC2)c1-c1ccc(OCOC)cc1. The van der Waals surface area contributed by atoms with Crippen molar-refractivity contribution in [1.29, 1.82) is 0 Å². The summed E-state index contributed by atoms with van der Waals surface area (Å²) in [4.78, 5) is 8.29. The number of aromatic nitrogens is 2. The highest BCUT2D eigenvalue weighted by atomic mass is 16.7. The van der Waals surface area contributed by atoms with E-state index in [2.05, 4.69) is 22.1 Å². The third-order valence-electron chi connectivity index (χ3n) is 5.88. The number of methoxy groups -OCH3 is 2. The van der Waals surface area contributed by atoms with Crippen molar-refractivity contribution in [3.8, 4) is 28.4 Å². The van der Waals surface area contributed by atoms with Gasteiger partial charge in [0.05, 0.1) is 25.4 Å². The lowest BCUT2D eigenvalue weighted by Gasteiger charge is -2.21. The smallest absolute Gasteiger partial charge is 0.188 e. The molecule has 0 saturated heterocycles. The van der Waals surface area contributed by atoms with E-state index in [1.165, 1.54) is 6.33 Å². The van der Waals surface area contributed by atoms with E-state index < -0.39 is 0 Å². The maximum atomic E-state index is 6.49. The zero-order valence-corrected chi connectivity index (χ0v) is 20.1. The topological polar surface area (TPSA) is 71.9 Å². The molecule has 2 aromatic carbocycles. The number of benzene rings is 2. The van der Waals surface area contributed by atoms with E-state index in [0.29, 0.717) is 26.2 Å². The van der Waals surface area contributed by atoms with Crippen LogP contribution in [0.15, 0.2) is 55.1 Å². The Morgan fingerprint density at radius 2 is 1.53 bits per heavy atom. The van der Waals surface area contributed by atoms with Crippen LogP contribution in [0.1, 0.15) is 30.9 Å². The van der Waals surface area contributed by atoms with Gasteiger partial charge in [-0.1, -0.05) is 12.1 Å². The average molecular weight is 465 g/mol. The Bertz CT molecular complexity index is 1050. The Morgan fingerprint density at radius 1 is 0.824 bits per heavy atom. The Labute approximate surface area is 201 Å². The van der Waals surface area contributed by atoms with E-state index in [1.54, 1.807) is 14.2 Å². The first kappa shape index (κ1) is 24.0. The second-order valence-corrected chi connectivity index (χ2v) is 8.62. The van der Waals surface area contributed by atoms with E-state index in [1.807, 2.05) is 43.6 Å². The minimum Gasteiger partial charge on any atom is -0.493 e. The highest BCUT2D eigenvalue weighted by Gasteiger charge is 2.43. The van der Waals surface area contributed by atoms with Crippen LogP contribution in [-0.4, -0.2) is 50.8 Å². The van der Waals surface area contributed by atoms with Crippen LogP contribution in [0.25, 0.3) is 11.1 Å². The van der Waals surface area contributed by atoms with Crippen LogP contribution in [-0.2, 0) is 15.9 Å². The lowest BCUT2D eigenvalue weighted by Crippen LogP contribution is -2.19. The highest BCUT2D eigenvalue weighted by molar-refractivity contribution is 5.78. The maximum absolute atomic E-state index is 6.49. The van der Waals surface area contributed by atoms with Crippen LogP contribution >= 0.6 is 0 Å². The summed E-state index contributed by atoms with van der Waals surface area (Å²) in [5.74, 6) is 2.32. The summed E-state index contributed by atoms with van der Waals surface area (Å²) in [6, 6.07) is 12.1. The third kappa shape index (κ3) is 6.04. The van der Waals surface area contributed by atoms with Gasteiger partial charge < -0.3 is 23.7 Å². The van der Waals surface area contributed by atoms with Crippen LogP contribution in [0, 0.1) is 5.41 Å². The Hall–Kier alpha value is -3.16. The molecule has 1 aromatic heterocycles. The molecule has 0 N–H and O–H groups in total. The van der Waals surface area contributed by atoms with Crippen LogP contribution in [0.2, 0.25) is 0 Å². The quantitative estimate of drug-likeness (QED) is 0.333. The fourth-order valence-corrected chi connectivity index (χ4v) is 3.96. The van der Waals surface area contributed by atoms with Gasteiger partial charge in [0.25, 0.3) is 0 Å². The Kier molecular flexibility index (Phi) is 7.98. The van der Waals surface area contributed by atoms with Crippen LogP contribution in [0.4, 0.5) is 0 Å². The number of hydrogen-bond donors (Lipinski definition) is 0. The molecule has 1 saturated carbocycles. The number of rotatable bonds is 13. The molecule has 34 heavy (non-hydrogen) atoms. The molecule has 7 nitrogen and oxygen atoms in total. The zero-order chi connectivity index (χ0) is 23.8. The van der Waals surface area contributed by atoms with Crippen LogP contribution in [0.3, 0.4) is 0 Å². The molecule has 1 aliphatic carbocycles. The van der Waals surface area contributed by atoms with Gasteiger partial charge in [-0.15, -0.1) is 0 Å². The van der Waals surface area contributed by atoms with E-state index in [0.717, 1.165) is 52.3 Å². The predicted octanol–water partition coefficient (Wildman–Crippen LogP) is 4.92. The molecule has 1 fully saturated rings. The third-order valence-corrected chi connectivity index (χ3v) is 5.88. The van der Waals surface area contributed by atoms with Crippen LogP contribution < -0.4 is 14.2 Å². The second kappa shape index (κ2) is 11.3. The number of ether oxygens (including phenoxy) is 5. The molecule has 0 aliphatic heterocycles. The van der Waals surface area contributed by atoms with Gasteiger partial charge in [0, 0.05) is 38.4 Å². The first-order valence-electron chi connectivity index (χ1n) is 11.5. The highest BCUT2D eigenvalue weighted by Crippen LogP contribution is 2.48. The summed E-state index contributed by atoms with van der Waals surface area (Å²) in [6.07, 6.45) is 8.11. The molecule has 7 heteroatoms. The van der Waals surface area contributed by atoms with Gasteiger partial charge in [0.1, 0.15) is 23.6 Å². The molecule has 0 radical (unpaired) electrons. The molecule has 0 unspecified atom stereocenters. The first-order chi connectivity index (χ1) is 16.7.